The van der Waals surface area contributed by atoms with E-state index in [2.05, 4.69) is 77.8 Å². The SMILES string of the molecule is Cc1ccc(SCCNC(=O)c2ccc(CN3CCc4ccccc4C3)cc2)cc1. The molecule has 0 atom stereocenters. The van der Waals surface area contributed by atoms with Crippen molar-refractivity contribution in [2.45, 2.75) is 31.3 Å². The highest BCUT2D eigenvalue weighted by Crippen LogP contribution is 2.20. The average molecular weight is 417 g/mol. The molecule has 0 aromatic heterocycles. The third-order valence-corrected chi connectivity index (χ3v) is 6.52. The zero-order chi connectivity index (χ0) is 20.8. The van der Waals surface area contributed by atoms with Crippen molar-refractivity contribution in [1.82, 2.24) is 10.2 Å². The van der Waals surface area contributed by atoms with Crippen LogP contribution in [0.4, 0.5) is 0 Å². The van der Waals surface area contributed by atoms with Gasteiger partial charge in [-0.1, -0.05) is 54.1 Å². The van der Waals surface area contributed by atoms with E-state index in [4.69, 9.17) is 0 Å². The van der Waals surface area contributed by atoms with Gasteiger partial charge < -0.3 is 5.32 Å². The minimum atomic E-state index is -0.00189. The number of nitrogens with zero attached hydrogens (tertiary/aromatic N) is 1. The smallest absolute Gasteiger partial charge is 0.251 e. The second kappa shape index (κ2) is 9.96. The Morgan fingerprint density at radius 3 is 2.47 bits per heavy atom. The van der Waals surface area contributed by atoms with Gasteiger partial charge >= 0.3 is 0 Å². The topological polar surface area (TPSA) is 32.3 Å². The zero-order valence-corrected chi connectivity index (χ0v) is 18.3. The normalized spacial score (nSPS) is 13.6. The summed E-state index contributed by atoms with van der Waals surface area (Å²) in [6.45, 7) is 5.75. The number of amides is 1. The van der Waals surface area contributed by atoms with Crippen molar-refractivity contribution >= 4 is 17.7 Å². The van der Waals surface area contributed by atoms with Gasteiger partial charge in [0.25, 0.3) is 5.91 Å². The van der Waals surface area contributed by atoms with E-state index < -0.39 is 0 Å². The largest absolute Gasteiger partial charge is 0.351 e. The molecule has 154 valence electrons. The minimum Gasteiger partial charge on any atom is -0.351 e. The summed E-state index contributed by atoms with van der Waals surface area (Å²) in [4.78, 5) is 16.1. The van der Waals surface area contributed by atoms with Gasteiger partial charge in [0.1, 0.15) is 0 Å². The van der Waals surface area contributed by atoms with E-state index in [0.29, 0.717) is 6.54 Å². The van der Waals surface area contributed by atoms with Crippen LogP contribution in [0.15, 0.2) is 77.7 Å². The lowest BCUT2D eigenvalue weighted by Crippen LogP contribution is -2.30. The quantitative estimate of drug-likeness (QED) is 0.431. The fourth-order valence-corrected chi connectivity index (χ4v) is 4.55. The molecule has 1 N–H and O–H groups in total. The molecule has 0 saturated carbocycles. The molecular weight excluding hydrogens is 388 g/mol. The second-order valence-corrected chi connectivity index (χ2v) is 9.01. The molecule has 1 aliphatic heterocycles. The average Bonchev–Trinajstić information content (AvgIpc) is 2.78. The van der Waals surface area contributed by atoms with Crippen LogP contribution in [0.5, 0.6) is 0 Å². The lowest BCUT2D eigenvalue weighted by Gasteiger charge is -2.28. The highest BCUT2D eigenvalue weighted by molar-refractivity contribution is 7.99. The molecule has 0 saturated heterocycles. The van der Waals surface area contributed by atoms with Crippen LogP contribution in [0.2, 0.25) is 0 Å². The summed E-state index contributed by atoms with van der Waals surface area (Å²) in [6, 6.07) is 25.2. The minimum absolute atomic E-state index is 0.00189. The molecule has 1 heterocycles. The number of benzene rings is 3. The summed E-state index contributed by atoms with van der Waals surface area (Å²) in [7, 11) is 0. The first-order valence-corrected chi connectivity index (χ1v) is 11.5. The molecule has 4 rings (SSSR count). The predicted octanol–water partition coefficient (Wildman–Crippen LogP) is 5.08. The van der Waals surface area contributed by atoms with E-state index in [0.717, 1.165) is 37.4 Å². The Labute approximate surface area is 183 Å². The Morgan fingerprint density at radius 2 is 1.70 bits per heavy atom. The van der Waals surface area contributed by atoms with Crippen molar-refractivity contribution < 1.29 is 4.79 Å². The molecule has 1 aliphatic rings. The maximum Gasteiger partial charge on any atom is 0.251 e. The third kappa shape index (κ3) is 5.53. The van der Waals surface area contributed by atoms with Crippen LogP contribution in [-0.2, 0) is 19.5 Å². The van der Waals surface area contributed by atoms with Crippen molar-refractivity contribution in [1.29, 1.82) is 0 Å². The summed E-state index contributed by atoms with van der Waals surface area (Å²) >= 11 is 1.76. The highest BCUT2D eigenvalue weighted by atomic mass is 32.2. The zero-order valence-electron chi connectivity index (χ0n) is 17.4. The Kier molecular flexibility index (Phi) is 6.88. The fourth-order valence-electron chi connectivity index (χ4n) is 3.78. The van der Waals surface area contributed by atoms with Crippen molar-refractivity contribution in [3.63, 3.8) is 0 Å². The van der Waals surface area contributed by atoms with Gasteiger partial charge in [-0.15, -0.1) is 11.8 Å². The molecular formula is C26H28N2OS. The number of nitrogens with one attached hydrogen (secondary N) is 1. The lowest BCUT2D eigenvalue weighted by atomic mass is 9.99. The number of hydrogen-bond acceptors (Lipinski definition) is 3. The highest BCUT2D eigenvalue weighted by Gasteiger charge is 2.15. The Morgan fingerprint density at radius 1 is 0.967 bits per heavy atom. The number of carbonyl (C=O) groups excluding carboxylic acids is 1. The molecule has 0 unspecified atom stereocenters. The van der Waals surface area contributed by atoms with Crippen molar-refractivity contribution in [3.8, 4) is 0 Å². The van der Waals surface area contributed by atoms with Gasteiger partial charge in [0.2, 0.25) is 0 Å². The summed E-state index contributed by atoms with van der Waals surface area (Å²) < 4.78 is 0. The number of fused-ring (bicyclic) bond motifs is 1. The second-order valence-electron chi connectivity index (χ2n) is 7.84. The first kappa shape index (κ1) is 20.7. The summed E-state index contributed by atoms with van der Waals surface area (Å²) in [5.41, 5.74) is 6.15. The lowest BCUT2D eigenvalue weighted by molar-refractivity contribution is 0.0956. The third-order valence-electron chi connectivity index (χ3n) is 5.51. The van der Waals surface area contributed by atoms with Crippen molar-refractivity contribution in [2.24, 2.45) is 0 Å². The summed E-state index contributed by atoms with van der Waals surface area (Å²) in [5.74, 6) is 0.863. The van der Waals surface area contributed by atoms with Crippen LogP contribution in [0.3, 0.4) is 0 Å². The predicted molar refractivity (Wildman–Crippen MR) is 125 cm³/mol. The van der Waals surface area contributed by atoms with Gasteiger partial charge in [-0.25, -0.2) is 0 Å². The Bertz CT molecular complexity index is 983. The maximum absolute atomic E-state index is 12.4. The molecule has 0 fully saturated rings. The fraction of sp³-hybridized carbons (Fsp3) is 0.269. The molecule has 0 spiro atoms. The molecule has 3 nitrogen and oxygen atoms in total. The maximum atomic E-state index is 12.4. The van der Waals surface area contributed by atoms with E-state index >= 15 is 0 Å². The van der Waals surface area contributed by atoms with Crippen LogP contribution in [-0.4, -0.2) is 29.6 Å². The summed E-state index contributed by atoms with van der Waals surface area (Å²) in [5, 5.41) is 3.02. The Hall–Kier alpha value is -2.56. The van der Waals surface area contributed by atoms with E-state index in [1.54, 1.807) is 11.8 Å². The standard InChI is InChI=1S/C26H28N2OS/c1-20-6-12-25(13-7-20)30-17-15-27-26(29)23-10-8-21(9-11-23)18-28-16-14-22-4-2-3-5-24(22)19-28/h2-13H,14-19H2,1H3,(H,27,29). The van der Waals surface area contributed by atoms with Gasteiger partial charge in [0.15, 0.2) is 0 Å². The van der Waals surface area contributed by atoms with Crippen LogP contribution in [0.25, 0.3) is 0 Å². The van der Waals surface area contributed by atoms with E-state index in [1.165, 1.54) is 27.1 Å². The monoisotopic (exact) mass is 416 g/mol. The number of aryl methyl sites for hydroxylation is 1. The van der Waals surface area contributed by atoms with E-state index in [1.807, 2.05) is 12.1 Å². The number of rotatable bonds is 7. The molecule has 30 heavy (non-hydrogen) atoms. The molecule has 3 aromatic carbocycles. The van der Waals surface area contributed by atoms with E-state index in [-0.39, 0.29) is 5.91 Å². The molecule has 0 radical (unpaired) electrons. The van der Waals surface area contributed by atoms with Gasteiger partial charge in [-0.3, -0.25) is 9.69 Å². The van der Waals surface area contributed by atoms with Crippen LogP contribution < -0.4 is 5.32 Å². The number of carbonyl (C=O) groups is 1. The van der Waals surface area contributed by atoms with Crippen molar-refractivity contribution in [3.05, 3.63) is 101 Å². The molecule has 0 aliphatic carbocycles. The van der Waals surface area contributed by atoms with Gasteiger partial charge in [0, 0.05) is 42.4 Å². The van der Waals surface area contributed by atoms with Crippen molar-refractivity contribution in [2.75, 3.05) is 18.8 Å². The molecule has 3 aromatic rings. The molecule has 0 bridgehead atoms. The first-order chi connectivity index (χ1) is 14.7. The van der Waals surface area contributed by atoms with Crippen LogP contribution >= 0.6 is 11.8 Å². The number of hydrogen-bond donors (Lipinski definition) is 1. The molecule has 1 amide bonds. The van der Waals surface area contributed by atoms with Gasteiger partial charge in [0.05, 0.1) is 0 Å². The van der Waals surface area contributed by atoms with Gasteiger partial charge in [-0.05, 0) is 54.3 Å². The van der Waals surface area contributed by atoms with Crippen LogP contribution in [0.1, 0.15) is 32.6 Å². The van der Waals surface area contributed by atoms with E-state index in [9.17, 15) is 4.79 Å². The van der Waals surface area contributed by atoms with Crippen LogP contribution in [0, 0.1) is 6.92 Å². The van der Waals surface area contributed by atoms with Gasteiger partial charge in [-0.2, -0.15) is 0 Å². The first-order valence-electron chi connectivity index (χ1n) is 10.5. The molecule has 4 heteroatoms. The Balaban J connectivity index is 1.23. The number of thioether (sulfide) groups is 1. The summed E-state index contributed by atoms with van der Waals surface area (Å²) in [6.07, 6.45) is 1.11.